The number of nitrogens with zero attached hydrogens (tertiary/aromatic N) is 1. The maximum absolute atomic E-state index is 13.3. The zero-order chi connectivity index (χ0) is 20.0. The van der Waals surface area contributed by atoms with Crippen molar-refractivity contribution in [2.75, 3.05) is 26.7 Å². The molecule has 27 heavy (non-hydrogen) atoms. The summed E-state index contributed by atoms with van der Waals surface area (Å²) in [5.74, 6) is 0.225. The van der Waals surface area contributed by atoms with Crippen molar-refractivity contribution >= 4 is 47.4 Å². The molecule has 3 N–H and O–H groups in total. The van der Waals surface area contributed by atoms with Gasteiger partial charge in [-0.15, -0.1) is 24.0 Å². The maximum atomic E-state index is 13.3. The Kier molecular flexibility index (Phi) is 10.6. The van der Waals surface area contributed by atoms with Crippen LogP contribution in [-0.2, 0) is 10.2 Å². The Labute approximate surface area is 183 Å². The van der Waals surface area contributed by atoms with Crippen LogP contribution in [0.3, 0.4) is 0 Å². The molecule has 8 heteroatoms. The van der Waals surface area contributed by atoms with Crippen LogP contribution in [0.25, 0.3) is 0 Å². The molecule has 0 aromatic heterocycles. The third kappa shape index (κ3) is 7.81. The molecule has 1 aromatic rings. The van der Waals surface area contributed by atoms with Crippen LogP contribution < -0.4 is 16.0 Å². The fourth-order valence-electron chi connectivity index (χ4n) is 2.44. The molecular formula is C19H31ClFIN4O. The highest BCUT2D eigenvalue weighted by Crippen LogP contribution is 2.29. The number of hydrogen-bond donors (Lipinski definition) is 3. The molecule has 0 saturated heterocycles. The number of carbonyl (C=O) groups excluding carboxylic acids is 1. The standard InChI is InChI=1S/C19H30ClFN4O.HI/c1-7-23-16(26)19(4,5)12-25-17(22-6)24-11-18(2,3)14-9-8-13(21)10-15(14)20;/h8-10H,7,11-12H2,1-6H3,(H,23,26)(H2,22,24,25);1H. The van der Waals surface area contributed by atoms with E-state index in [2.05, 4.69) is 20.9 Å². The minimum atomic E-state index is -0.566. The quantitative estimate of drug-likeness (QED) is 0.297. The maximum Gasteiger partial charge on any atom is 0.227 e. The van der Waals surface area contributed by atoms with Crippen molar-refractivity contribution < 1.29 is 9.18 Å². The normalized spacial score (nSPS) is 12.2. The molecular weight excluding hydrogens is 482 g/mol. The molecule has 1 rings (SSSR count). The first-order valence-electron chi connectivity index (χ1n) is 8.72. The molecule has 0 radical (unpaired) electrons. The van der Waals surface area contributed by atoms with Crippen LogP contribution in [0.1, 0.15) is 40.2 Å². The predicted molar refractivity (Wildman–Crippen MR) is 122 cm³/mol. The third-order valence-corrected chi connectivity index (χ3v) is 4.54. The molecule has 0 atom stereocenters. The highest BCUT2D eigenvalue weighted by atomic mass is 127. The van der Waals surface area contributed by atoms with Crippen LogP contribution >= 0.6 is 35.6 Å². The molecule has 1 aromatic carbocycles. The van der Waals surface area contributed by atoms with Crippen LogP contribution in [0.4, 0.5) is 4.39 Å². The zero-order valence-electron chi connectivity index (χ0n) is 16.9. The van der Waals surface area contributed by atoms with Crippen molar-refractivity contribution in [2.45, 2.75) is 40.0 Å². The Morgan fingerprint density at radius 1 is 1.15 bits per heavy atom. The topological polar surface area (TPSA) is 65.5 Å². The van der Waals surface area contributed by atoms with Gasteiger partial charge in [0.25, 0.3) is 0 Å². The molecule has 5 nitrogen and oxygen atoms in total. The molecule has 0 aliphatic rings. The van der Waals surface area contributed by atoms with E-state index >= 15 is 0 Å². The number of benzene rings is 1. The van der Waals surface area contributed by atoms with Gasteiger partial charge in [-0.05, 0) is 38.5 Å². The molecule has 0 bridgehead atoms. The van der Waals surface area contributed by atoms with Gasteiger partial charge < -0.3 is 16.0 Å². The largest absolute Gasteiger partial charge is 0.356 e. The minimum Gasteiger partial charge on any atom is -0.356 e. The second kappa shape index (κ2) is 11.0. The second-order valence-electron chi connectivity index (χ2n) is 7.53. The molecule has 0 aliphatic heterocycles. The monoisotopic (exact) mass is 512 g/mol. The van der Waals surface area contributed by atoms with Crippen molar-refractivity contribution in [3.8, 4) is 0 Å². The summed E-state index contributed by atoms with van der Waals surface area (Å²) in [6, 6.07) is 4.43. The summed E-state index contributed by atoms with van der Waals surface area (Å²) in [7, 11) is 1.67. The van der Waals surface area contributed by atoms with Gasteiger partial charge in [0.05, 0.1) is 5.41 Å². The summed E-state index contributed by atoms with van der Waals surface area (Å²) in [6.45, 7) is 11.3. The number of carbonyl (C=O) groups is 1. The van der Waals surface area contributed by atoms with Gasteiger partial charge >= 0.3 is 0 Å². The smallest absolute Gasteiger partial charge is 0.227 e. The van der Waals surface area contributed by atoms with Crippen LogP contribution in [0, 0.1) is 11.2 Å². The highest BCUT2D eigenvalue weighted by molar-refractivity contribution is 14.0. The summed E-state index contributed by atoms with van der Waals surface area (Å²) in [5, 5.41) is 9.66. The number of rotatable bonds is 7. The molecule has 0 aliphatic carbocycles. The Bertz CT molecular complexity index is 665. The van der Waals surface area contributed by atoms with Gasteiger partial charge in [-0.2, -0.15) is 0 Å². The van der Waals surface area contributed by atoms with E-state index in [0.29, 0.717) is 30.6 Å². The van der Waals surface area contributed by atoms with Gasteiger partial charge in [-0.1, -0.05) is 31.5 Å². The highest BCUT2D eigenvalue weighted by Gasteiger charge is 2.28. The summed E-state index contributed by atoms with van der Waals surface area (Å²) in [5.41, 5.74) is -0.0489. The SMILES string of the molecule is CCNC(=O)C(C)(C)CNC(=NC)NCC(C)(C)c1ccc(F)cc1Cl.I. The predicted octanol–water partition coefficient (Wildman–Crippen LogP) is 3.70. The van der Waals surface area contributed by atoms with E-state index in [1.165, 1.54) is 12.1 Å². The Hall–Kier alpha value is -1.09. The van der Waals surface area contributed by atoms with E-state index in [1.54, 1.807) is 13.1 Å². The van der Waals surface area contributed by atoms with Crippen molar-refractivity contribution in [2.24, 2.45) is 10.4 Å². The fraction of sp³-hybridized carbons (Fsp3) is 0.579. The molecule has 0 spiro atoms. The lowest BCUT2D eigenvalue weighted by molar-refractivity contribution is -0.128. The number of nitrogens with one attached hydrogen (secondary N) is 3. The van der Waals surface area contributed by atoms with Crippen LogP contribution in [-0.4, -0.2) is 38.5 Å². The van der Waals surface area contributed by atoms with E-state index in [0.717, 1.165) is 5.56 Å². The van der Waals surface area contributed by atoms with Crippen LogP contribution in [0.15, 0.2) is 23.2 Å². The van der Waals surface area contributed by atoms with Crippen LogP contribution in [0.2, 0.25) is 5.02 Å². The van der Waals surface area contributed by atoms with Gasteiger partial charge in [0, 0.05) is 37.1 Å². The Morgan fingerprint density at radius 3 is 2.26 bits per heavy atom. The third-order valence-electron chi connectivity index (χ3n) is 4.23. The van der Waals surface area contributed by atoms with E-state index < -0.39 is 5.41 Å². The number of halogens is 3. The lowest BCUT2D eigenvalue weighted by Gasteiger charge is -2.29. The molecule has 0 heterocycles. The summed E-state index contributed by atoms with van der Waals surface area (Å²) < 4.78 is 13.3. The molecule has 0 unspecified atom stereocenters. The average molecular weight is 513 g/mol. The Balaban J connectivity index is 0.00000676. The van der Waals surface area contributed by atoms with E-state index in [9.17, 15) is 9.18 Å². The van der Waals surface area contributed by atoms with Gasteiger partial charge in [0.1, 0.15) is 5.82 Å². The number of hydrogen-bond acceptors (Lipinski definition) is 2. The number of amides is 1. The van der Waals surface area contributed by atoms with Gasteiger partial charge in [-0.25, -0.2) is 4.39 Å². The Morgan fingerprint density at radius 2 is 1.74 bits per heavy atom. The first kappa shape index (κ1) is 25.9. The van der Waals surface area contributed by atoms with Gasteiger partial charge in [0.2, 0.25) is 5.91 Å². The number of guanidine groups is 1. The van der Waals surface area contributed by atoms with E-state index in [1.807, 2.05) is 34.6 Å². The summed E-state index contributed by atoms with van der Waals surface area (Å²) in [4.78, 5) is 16.3. The van der Waals surface area contributed by atoms with Gasteiger partial charge in [-0.3, -0.25) is 9.79 Å². The van der Waals surface area contributed by atoms with Crippen molar-refractivity contribution in [1.82, 2.24) is 16.0 Å². The first-order valence-corrected chi connectivity index (χ1v) is 9.09. The van der Waals surface area contributed by atoms with Crippen molar-refractivity contribution in [3.05, 3.63) is 34.6 Å². The second-order valence-corrected chi connectivity index (χ2v) is 7.94. The first-order chi connectivity index (χ1) is 12.0. The summed E-state index contributed by atoms with van der Waals surface area (Å²) >= 11 is 6.19. The van der Waals surface area contributed by atoms with Crippen molar-refractivity contribution in [3.63, 3.8) is 0 Å². The zero-order valence-corrected chi connectivity index (χ0v) is 20.0. The number of aliphatic imine (C=N–C) groups is 1. The molecule has 0 saturated carbocycles. The van der Waals surface area contributed by atoms with Gasteiger partial charge in [0.15, 0.2) is 5.96 Å². The lowest BCUT2D eigenvalue weighted by atomic mass is 9.84. The molecule has 0 fully saturated rings. The van der Waals surface area contributed by atoms with Crippen LogP contribution in [0.5, 0.6) is 0 Å². The van der Waals surface area contributed by atoms with E-state index in [4.69, 9.17) is 11.6 Å². The van der Waals surface area contributed by atoms with E-state index in [-0.39, 0.29) is 41.1 Å². The fourth-order valence-corrected chi connectivity index (χ4v) is 2.87. The minimum absolute atomic E-state index is 0. The lowest BCUT2D eigenvalue weighted by Crippen LogP contribution is -2.49. The average Bonchev–Trinajstić information content (AvgIpc) is 2.54. The summed E-state index contributed by atoms with van der Waals surface area (Å²) in [6.07, 6.45) is 0. The van der Waals surface area contributed by atoms with Crippen molar-refractivity contribution in [1.29, 1.82) is 0 Å². The molecule has 154 valence electrons. The molecule has 1 amide bonds.